The molecule has 172 valence electrons. The number of fused-ring (bicyclic) bond motifs is 3. The summed E-state index contributed by atoms with van der Waals surface area (Å²) >= 11 is 0. The lowest BCUT2D eigenvalue weighted by atomic mass is 9.87. The van der Waals surface area contributed by atoms with E-state index < -0.39 is 10.0 Å². The van der Waals surface area contributed by atoms with E-state index in [-0.39, 0.29) is 40.5 Å². The van der Waals surface area contributed by atoms with Gasteiger partial charge in [-0.25, -0.2) is 18.5 Å². The highest BCUT2D eigenvalue weighted by atomic mass is 32.2. The third kappa shape index (κ3) is 3.91. The van der Waals surface area contributed by atoms with Gasteiger partial charge in [0.2, 0.25) is 21.9 Å². The average Bonchev–Trinajstić information content (AvgIpc) is 3.49. The number of rotatable bonds is 6. The Morgan fingerprint density at radius 1 is 1.21 bits per heavy atom. The molecule has 1 aromatic carbocycles. The lowest BCUT2D eigenvalue weighted by Crippen LogP contribution is -2.43. The SMILES string of the molecule is CN(C)C(=O)C1C2C=CC(C2)C1Nc1nc(Nc2cccc(S(N)(=O)=O)c2)nc2nc[nH]c12. The molecule has 0 saturated heterocycles. The number of nitrogens with zero attached hydrogens (tertiary/aromatic N) is 4. The molecule has 2 aliphatic rings. The number of imidazole rings is 1. The molecule has 11 nitrogen and oxygen atoms in total. The first-order valence-corrected chi connectivity index (χ1v) is 12.0. The van der Waals surface area contributed by atoms with Gasteiger partial charge in [0, 0.05) is 25.8 Å². The number of primary sulfonamides is 1. The Bertz CT molecular complexity index is 1370. The number of amides is 1. The summed E-state index contributed by atoms with van der Waals surface area (Å²) in [7, 11) is -0.310. The van der Waals surface area contributed by atoms with Crippen molar-refractivity contribution in [2.75, 3.05) is 24.7 Å². The fourth-order valence-corrected chi connectivity index (χ4v) is 5.24. The summed E-state index contributed by atoms with van der Waals surface area (Å²) in [5.41, 5.74) is 1.53. The van der Waals surface area contributed by atoms with Gasteiger partial charge >= 0.3 is 0 Å². The Kier molecular flexibility index (Phi) is 5.05. The molecule has 5 N–H and O–H groups in total. The summed E-state index contributed by atoms with van der Waals surface area (Å²) in [4.78, 5) is 30.8. The second-order valence-electron chi connectivity index (χ2n) is 8.57. The van der Waals surface area contributed by atoms with Crippen LogP contribution in [0.15, 0.2) is 47.6 Å². The molecule has 33 heavy (non-hydrogen) atoms. The number of anilines is 3. The highest BCUT2D eigenvalue weighted by Crippen LogP contribution is 2.45. The largest absolute Gasteiger partial charge is 0.364 e. The maximum atomic E-state index is 12.9. The van der Waals surface area contributed by atoms with Gasteiger partial charge in [-0.1, -0.05) is 18.2 Å². The van der Waals surface area contributed by atoms with Gasteiger partial charge in [0.15, 0.2) is 11.5 Å². The van der Waals surface area contributed by atoms with E-state index >= 15 is 0 Å². The van der Waals surface area contributed by atoms with Crippen LogP contribution in [-0.4, -0.2) is 59.3 Å². The number of aromatic nitrogens is 4. The average molecular weight is 469 g/mol. The number of aromatic amines is 1. The van der Waals surface area contributed by atoms with Crippen molar-refractivity contribution in [3.63, 3.8) is 0 Å². The van der Waals surface area contributed by atoms with Crippen molar-refractivity contribution in [1.82, 2.24) is 24.8 Å². The first-order valence-electron chi connectivity index (χ1n) is 10.5. The van der Waals surface area contributed by atoms with Crippen LogP contribution in [-0.2, 0) is 14.8 Å². The van der Waals surface area contributed by atoms with Crippen LogP contribution >= 0.6 is 0 Å². The molecule has 0 radical (unpaired) electrons. The third-order valence-electron chi connectivity index (χ3n) is 6.19. The molecule has 1 amide bonds. The van der Waals surface area contributed by atoms with Crippen LogP contribution in [0.25, 0.3) is 11.2 Å². The summed E-state index contributed by atoms with van der Waals surface area (Å²) in [6.07, 6.45) is 6.74. The zero-order chi connectivity index (χ0) is 23.3. The van der Waals surface area contributed by atoms with Gasteiger partial charge in [0.1, 0.15) is 5.52 Å². The van der Waals surface area contributed by atoms with E-state index in [0.29, 0.717) is 22.7 Å². The molecule has 2 heterocycles. The van der Waals surface area contributed by atoms with Gasteiger partial charge in [0.05, 0.1) is 17.1 Å². The minimum absolute atomic E-state index is 0.0227. The Labute approximate surface area is 190 Å². The van der Waals surface area contributed by atoms with E-state index in [1.807, 2.05) is 0 Å². The molecule has 2 aromatic heterocycles. The predicted molar refractivity (Wildman–Crippen MR) is 123 cm³/mol. The minimum atomic E-state index is -3.85. The molecule has 4 unspecified atom stereocenters. The van der Waals surface area contributed by atoms with Crippen LogP contribution < -0.4 is 15.8 Å². The van der Waals surface area contributed by atoms with E-state index in [9.17, 15) is 13.2 Å². The lowest BCUT2D eigenvalue weighted by molar-refractivity contribution is -0.133. The Morgan fingerprint density at radius 3 is 2.76 bits per heavy atom. The van der Waals surface area contributed by atoms with Gasteiger partial charge < -0.3 is 20.5 Å². The number of allylic oxidation sites excluding steroid dienone is 1. The second kappa shape index (κ2) is 7.81. The van der Waals surface area contributed by atoms with Crippen LogP contribution in [0.4, 0.5) is 17.5 Å². The van der Waals surface area contributed by atoms with Crippen molar-refractivity contribution in [2.24, 2.45) is 22.9 Å². The summed E-state index contributed by atoms with van der Waals surface area (Å²) < 4.78 is 23.4. The first kappa shape index (κ1) is 21.3. The van der Waals surface area contributed by atoms with Gasteiger partial charge in [-0.05, 0) is 36.5 Å². The van der Waals surface area contributed by atoms with Crippen LogP contribution in [0.5, 0.6) is 0 Å². The van der Waals surface area contributed by atoms with E-state index in [1.54, 1.807) is 31.1 Å². The zero-order valence-corrected chi connectivity index (χ0v) is 18.9. The molecule has 1 saturated carbocycles. The van der Waals surface area contributed by atoms with Crippen molar-refractivity contribution in [1.29, 1.82) is 0 Å². The summed E-state index contributed by atoms with van der Waals surface area (Å²) in [5, 5.41) is 11.7. The lowest BCUT2D eigenvalue weighted by Gasteiger charge is -2.30. The highest BCUT2D eigenvalue weighted by Gasteiger charge is 2.49. The Hall–Kier alpha value is -3.51. The number of benzene rings is 1. The molecule has 4 atom stereocenters. The summed E-state index contributed by atoms with van der Waals surface area (Å²) in [6, 6.07) is 5.97. The van der Waals surface area contributed by atoms with Crippen molar-refractivity contribution in [3.8, 4) is 0 Å². The number of sulfonamides is 1. The van der Waals surface area contributed by atoms with Crippen molar-refractivity contribution < 1.29 is 13.2 Å². The van der Waals surface area contributed by atoms with E-state index in [4.69, 9.17) is 5.14 Å². The zero-order valence-electron chi connectivity index (χ0n) is 18.1. The number of nitrogens with two attached hydrogens (primary N) is 1. The number of hydrogen-bond acceptors (Lipinski definition) is 8. The number of hydrogen-bond donors (Lipinski definition) is 4. The van der Waals surface area contributed by atoms with Gasteiger partial charge in [-0.3, -0.25) is 4.79 Å². The Morgan fingerprint density at radius 2 is 2.00 bits per heavy atom. The molecule has 0 spiro atoms. The van der Waals surface area contributed by atoms with Crippen molar-refractivity contribution in [2.45, 2.75) is 17.4 Å². The summed E-state index contributed by atoms with van der Waals surface area (Å²) in [6.45, 7) is 0. The predicted octanol–water partition coefficient (Wildman–Crippen LogP) is 1.43. The van der Waals surface area contributed by atoms with Crippen LogP contribution in [0, 0.1) is 17.8 Å². The number of carbonyl (C=O) groups is 1. The monoisotopic (exact) mass is 468 g/mol. The molecule has 0 aliphatic heterocycles. The Balaban J connectivity index is 1.48. The minimum Gasteiger partial charge on any atom is -0.364 e. The molecule has 5 rings (SSSR count). The molecule has 2 aliphatic carbocycles. The second-order valence-corrected chi connectivity index (χ2v) is 10.1. The molecule has 2 bridgehead atoms. The van der Waals surface area contributed by atoms with Gasteiger partial charge in [0.25, 0.3) is 0 Å². The standard InChI is InChI=1S/C21H24N8O3S/c1-29(2)20(30)15-11-6-7-12(8-11)16(15)26-19-17-18(24-10-23-17)27-21(28-19)25-13-4-3-5-14(9-13)33(22,31)32/h3-7,9-12,15-16H,8H2,1-2H3,(H2,22,31,32)(H3,23,24,25,26,27,28). The van der Waals surface area contributed by atoms with Gasteiger partial charge in [-0.15, -0.1) is 0 Å². The van der Waals surface area contributed by atoms with Gasteiger partial charge in [-0.2, -0.15) is 9.97 Å². The summed E-state index contributed by atoms with van der Waals surface area (Å²) in [5.74, 6) is 1.06. The van der Waals surface area contributed by atoms with E-state index in [1.165, 1.54) is 18.5 Å². The molecule has 3 aromatic rings. The molecule has 1 fully saturated rings. The van der Waals surface area contributed by atoms with E-state index in [0.717, 1.165) is 6.42 Å². The van der Waals surface area contributed by atoms with E-state index in [2.05, 4.69) is 42.7 Å². The fraction of sp³-hybridized carbons (Fsp3) is 0.333. The quantitative estimate of drug-likeness (QED) is 0.395. The molecular formula is C21H24N8O3S. The molecule has 12 heteroatoms. The van der Waals surface area contributed by atoms with Crippen LogP contribution in [0.1, 0.15) is 6.42 Å². The smallest absolute Gasteiger partial charge is 0.238 e. The maximum Gasteiger partial charge on any atom is 0.238 e. The topological polar surface area (TPSA) is 159 Å². The number of carbonyl (C=O) groups excluding carboxylic acids is 1. The van der Waals surface area contributed by atoms with Crippen molar-refractivity contribution >= 4 is 44.5 Å². The first-order chi connectivity index (χ1) is 15.7. The molecular weight excluding hydrogens is 444 g/mol. The number of nitrogens with one attached hydrogen (secondary N) is 3. The highest BCUT2D eigenvalue weighted by molar-refractivity contribution is 7.89. The van der Waals surface area contributed by atoms with Crippen LogP contribution in [0.3, 0.4) is 0 Å². The maximum absolute atomic E-state index is 12.9. The normalized spacial score (nSPS) is 23.7. The van der Waals surface area contributed by atoms with Crippen molar-refractivity contribution in [3.05, 3.63) is 42.7 Å². The third-order valence-corrected chi connectivity index (χ3v) is 7.10. The van der Waals surface area contributed by atoms with Crippen LogP contribution in [0.2, 0.25) is 0 Å². The fourth-order valence-electron chi connectivity index (χ4n) is 4.69. The number of H-pyrrole nitrogens is 1.